The molecule has 1 aliphatic heterocycles. The van der Waals surface area contributed by atoms with E-state index in [1.165, 1.54) is 0 Å². The number of imide groups is 1. The van der Waals surface area contributed by atoms with E-state index in [1.54, 1.807) is 16.9 Å². The first-order valence-corrected chi connectivity index (χ1v) is 9.26. The van der Waals surface area contributed by atoms with E-state index in [0.29, 0.717) is 37.0 Å². The van der Waals surface area contributed by atoms with Gasteiger partial charge in [0.15, 0.2) is 0 Å². The first-order chi connectivity index (χ1) is 12.3. The summed E-state index contributed by atoms with van der Waals surface area (Å²) in [5.74, 6) is 0.825. The zero-order valence-electron chi connectivity index (χ0n) is 15.6. The van der Waals surface area contributed by atoms with Gasteiger partial charge in [-0.05, 0) is 37.5 Å². The number of hydrogen-bond donors (Lipinski definition) is 2. The molecule has 142 valence electrons. The minimum absolute atomic E-state index is 0.278. The third-order valence-electron chi connectivity index (χ3n) is 5.20. The second-order valence-electron chi connectivity index (χ2n) is 7.93. The van der Waals surface area contributed by atoms with Crippen molar-refractivity contribution in [3.05, 3.63) is 12.3 Å². The lowest BCUT2D eigenvalue weighted by Gasteiger charge is -2.33. The Bertz CT molecular complexity index is 703. The van der Waals surface area contributed by atoms with Gasteiger partial charge in [-0.2, -0.15) is 5.10 Å². The van der Waals surface area contributed by atoms with Crippen LogP contribution in [0.5, 0.6) is 0 Å². The molecule has 1 aromatic rings. The Labute approximate surface area is 153 Å². The van der Waals surface area contributed by atoms with E-state index in [2.05, 4.69) is 36.5 Å². The molecular weight excluding hydrogens is 334 g/mol. The minimum atomic E-state index is -0.816. The molecule has 8 nitrogen and oxygen atoms in total. The first-order valence-electron chi connectivity index (χ1n) is 9.26. The molecule has 1 aliphatic carbocycles. The summed E-state index contributed by atoms with van der Waals surface area (Å²) >= 11 is 0. The molecule has 1 saturated heterocycles. The number of carbonyl (C=O) groups is 3. The molecule has 1 spiro atoms. The van der Waals surface area contributed by atoms with Crippen molar-refractivity contribution in [1.29, 1.82) is 0 Å². The highest BCUT2D eigenvalue weighted by molar-refractivity contribution is 6.10. The van der Waals surface area contributed by atoms with Crippen molar-refractivity contribution in [2.24, 2.45) is 11.8 Å². The average molecular weight is 361 g/mol. The van der Waals surface area contributed by atoms with Crippen LogP contribution in [-0.4, -0.2) is 44.6 Å². The largest absolute Gasteiger partial charge is 0.325 e. The Morgan fingerprint density at radius 2 is 2.08 bits per heavy atom. The fourth-order valence-corrected chi connectivity index (χ4v) is 3.67. The van der Waals surface area contributed by atoms with Crippen molar-refractivity contribution in [3.8, 4) is 0 Å². The molecule has 2 N–H and O–H groups in total. The maximum absolute atomic E-state index is 12.8. The monoisotopic (exact) mass is 361 g/mol. The van der Waals surface area contributed by atoms with Gasteiger partial charge in [0.2, 0.25) is 5.91 Å². The summed E-state index contributed by atoms with van der Waals surface area (Å²) < 4.78 is 1.71. The van der Waals surface area contributed by atoms with E-state index in [4.69, 9.17) is 0 Å². The molecule has 0 bridgehead atoms. The zero-order chi connectivity index (χ0) is 18.9. The van der Waals surface area contributed by atoms with Gasteiger partial charge in [0, 0.05) is 12.6 Å². The van der Waals surface area contributed by atoms with Crippen LogP contribution in [0.4, 0.5) is 10.6 Å². The summed E-state index contributed by atoms with van der Waals surface area (Å²) in [4.78, 5) is 38.5. The Morgan fingerprint density at radius 1 is 1.38 bits per heavy atom. The van der Waals surface area contributed by atoms with E-state index < -0.39 is 17.5 Å². The second-order valence-corrected chi connectivity index (χ2v) is 7.93. The van der Waals surface area contributed by atoms with Gasteiger partial charge in [0.1, 0.15) is 17.9 Å². The van der Waals surface area contributed by atoms with Crippen LogP contribution in [0.1, 0.15) is 46.5 Å². The van der Waals surface area contributed by atoms with Gasteiger partial charge in [-0.15, -0.1) is 0 Å². The van der Waals surface area contributed by atoms with E-state index in [1.807, 2.05) is 0 Å². The molecule has 0 unspecified atom stereocenters. The molecule has 0 aromatic carbocycles. The summed E-state index contributed by atoms with van der Waals surface area (Å²) in [6, 6.07) is 1.23. The lowest BCUT2D eigenvalue weighted by Crippen LogP contribution is -2.49. The van der Waals surface area contributed by atoms with Crippen LogP contribution < -0.4 is 10.6 Å². The molecule has 1 saturated carbocycles. The molecule has 4 amide bonds. The molecule has 26 heavy (non-hydrogen) atoms. The number of amides is 4. The van der Waals surface area contributed by atoms with Gasteiger partial charge in [-0.25, -0.2) is 9.48 Å². The zero-order valence-corrected chi connectivity index (χ0v) is 15.6. The van der Waals surface area contributed by atoms with Crippen LogP contribution in [0.2, 0.25) is 0 Å². The average Bonchev–Trinajstić information content (AvgIpc) is 3.08. The summed E-state index contributed by atoms with van der Waals surface area (Å²) in [6.45, 7) is 6.66. The number of urea groups is 1. The van der Waals surface area contributed by atoms with Crippen molar-refractivity contribution < 1.29 is 14.4 Å². The lowest BCUT2D eigenvalue weighted by atomic mass is 9.77. The third-order valence-corrected chi connectivity index (χ3v) is 5.20. The van der Waals surface area contributed by atoms with E-state index in [0.717, 1.165) is 17.7 Å². The van der Waals surface area contributed by atoms with Gasteiger partial charge in [-0.1, -0.05) is 20.8 Å². The molecule has 2 heterocycles. The molecule has 2 fully saturated rings. The number of nitrogens with zero attached hydrogens (tertiary/aromatic N) is 3. The smallest absolute Gasteiger partial charge is 0.323 e. The Morgan fingerprint density at radius 3 is 2.73 bits per heavy atom. The molecule has 3 rings (SSSR count). The van der Waals surface area contributed by atoms with Gasteiger partial charge >= 0.3 is 6.03 Å². The van der Waals surface area contributed by atoms with E-state index in [9.17, 15) is 14.4 Å². The standard InChI is InChI=1S/C18H27N5O3/c1-12(2)10-23-14(6-9-19-23)20-15(24)11-22-16(25)18(21-17(22)26)7-4-13(3)5-8-18/h6,9,12-13H,4-5,7-8,10-11H2,1-3H3,(H,20,24)(H,21,26). The van der Waals surface area contributed by atoms with Gasteiger partial charge in [-0.3, -0.25) is 14.5 Å². The highest BCUT2D eigenvalue weighted by atomic mass is 16.2. The summed E-state index contributed by atoms with van der Waals surface area (Å²) in [5, 5.41) is 9.77. The second kappa shape index (κ2) is 7.09. The van der Waals surface area contributed by atoms with Crippen LogP contribution >= 0.6 is 0 Å². The van der Waals surface area contributed by atoms with Gasteiger partial charge in [0.05, 0.1) is 6.20 Å². The van der Waals surface area contributed by atoms with Crippen molar-refractivity contribution >= 4 is 23.7 Å². The maximum atomic E-state index is 12.8. The molecule has 2 aliphatic rings. The number of hydrogen-bond acceptors (Lipinski definition) is 4. The minimum Gasteiger partial charge on any atom is -0.323 e. The molecule has 0 radical (unpaired) electrons. The summed E-state index contributed by atoms with van der Waals surface area (Å²) in [6.07, 6.45) is 4.70. The number of carbonyl (C=O) groups excluding carboxylic acids is 3. The van der Waals surface area contributed by atoms with Crippen LogP contribution in [0.15, 0.2) is 12.3 Å². The Balaban J connectivity index is 1.64. The highest BCUT2D eigenvalue weighted by Gasteiger charge is 2.52. The lowest BCUT2D eigenvalue weighted by molar-refractivity contribution is -0.135. The number of aromatic nitrogens is 2. The van der Waals surface area contributed by atoms with E-state index in [-0.39, 0.29) is 12.5 Å². The highest BCUT2D eigenvalue weighted by Crippen LogP contribution is 2.36. The molecule has 1 aromatic heterocycles. The van der Waals surface area contributed by atoms with Crippen LogP contribution in [-0.2, 0) is 16.1 Å². The third kappa shape index (κ3) is 3.59. The molecular formula is C18H27N5O3. The maximum Gasteiger partial charge on any atom is 0.325 e. The van der Waals surface area contributed by atoms with Gasteiger partial charge < -0.3 is 10.6 Å². The van der Waals surface area contributed by atoms with Crippen LogP contribution in [0, 0.1) is 11.8 Å². The first kappa shape index (κ1) is 18.4. The van der Waals surface area contributed by atoms with Crippen LogP contribution in [0.3, 0.4) is 0 Å². The topological polar surface area (TPSA) is 96.3 Å². The fourth-order valence-electron chi connectivity index (χ4n) is 3.67. The van der Waals surface area contributed by atoms with E-state index >= 15 is 0 Å². The quantitative estimate of drug-likeness (QED) is 0.784. The Kier molecular flexibility index (Phi) is 5.02. The SMILES string of the molecule is CC(C)Cn1nccc1NC(=O)CN1C(=O)NC2(CCC(C)CC2)C1=O. The van der Waals surface area contributed by atoms with Crippen molar-refractivity contribution in [2.75, 3.05) is 11.9 Å². The number of nitrogens with one attached hydrogen (secondary N) is 2. The van der Waals surface area contributed by atoms with Crippen LogP contribution in [0.25, 0.3) is 0 Å². The summed E-state index contributed by atoms with van der Waals surface area (Å²) in [5.41, 5.74) is -0.816. The predicted octanol–water partition coefficient (Wildman–Crippen LogP) is 1.98. The normalized spacial score (nSPS) is 25.8. The van der Waals surface area contributed by atoms with Crippen molar-refractivity contribution in [2.45, 2.75) is 58.5 Å². The number of rotatable bonds is 5. The van der Waals surface area contributed by atoms with Gasteiger partial charge in [0.25, 0.3) is 5.91 Å². The van der Waals surface area contributed by atoms with Crippen molar-refractivity contribution in [3.63, 3.8) is 0 Å². The fraction of sp³-hybridized carbons (Fsp3) is 0.667. The summed E-state index contributed by atoms with van der Waals surface area (Å²) in [7, 11) is 0. The Hall–Kier alpha value is -2.38. The van der Waals surface area contributed by atoms with Crippen molar-refractivity contribution in [1.82, 2.24) is 20.0 Å². The molecule has 0 atom stereocenters. The molecule has 8 heteroatoms. The number of anilines is 1. The predicted molar refractivity (Wildman–Crippen MR) is 96.3 cm³/mol.